The highest BCUT2D eigenvalue weighted by Gasteiger charge is 2.12. The van der Waals surface area contributed by atoms with Crippen molar-refractivity contribution in [1.29, 1.82) is 0 Å². The summed E-state index contributed by atoms with van der Waals surface area (Å²) in [4.78, 5) is 23.7. The number of carbonyl (C=O) groups excluding carboxylic acids is 1. The largest absolute Gasteiger partial charge is 0.496 e. The number of benzene rings is 1. The number of carboxylic acid groups (broad SMARTS) is 1. The summed E-state index contributed by atoms with van der Waals surface area (Å²) in [6.07, 6.45) is 0.432. The van der Waals surface area contributed by atoms with E-state index in [2.05, 4.69) is 5.32 Å². The molecule has 0 aliphatic heterocycles. The molecule has 1 aromatic rings. The van der Waals surface area contributed by atoms with Crippen LogP contribution in [0.4, 0.5) is 4.79 Å². The van der Waals surface area contributed by atoms with Crippen LogP contribution in [-0.4, -0.2) is 42.7 Å². The van der Waals surface area contributed by atoms with Crippen molar-refractivity contribution in [1.82, 2.24) is 10.2 Å². The van der Waals surface area contributed by atoms with Crippen LogP contribution in [0.25, 0.3) is 0 Å². The van der Waals surface area contributed by atoms with Crippen LogP contribution >= 0.6 is 11.6 Å². The molecule has 0 radical (unpaired) electrons. The van der Waals surface area contributed by atoms with Gasteiger partial charge in [-0.25, -0.2) is 4.79 Å². The Hall–Kier alpha value is -1.95. The van der Waals surface area contributed by atoms with Crippen LogP contribution < -0.4 is 10.1 Å². The number of carbonyl (C=O) groups is 2. The molecule has 0 aliphatic rings. The molecule has 7 heteroatoms. The van der Waals surface area contributed by atoms with Crippen molar-refractivity contribution in [3.05, 3.63) is 28.8 Å². The van der Waals surface area contributed by atoms with Crippen molar-refractivity contribution in [3.63, 3.8) is 0 Å². The van der Waals surface area contributed by atoms with Crippen LogP contribution in [0.2, 0.25) is 5.02 Å². The minimum atomic E-state index is -0.874. The number of nitrogens with zero attached hydrogens (tertiary/aromatic N) is 1. The fraction of sp³-hybridized carbons (Fsp3) is 0.429. The van der Waals surface area contributed by atoms with Gasteiger partial charge in [0, 0.05) is 30.6 Å². The molecule has 2 amide bonds. The normalized spacial score (nSPS) is 10.0. The average Bonchev–Trinajstić information content (AvgIpc) is 2.43. The van der Waals surface area contributed by atoms with Gasteiger partial charge in [-0.1, -0.05) is 11.6 Å². The first kappa shape index (κ1) is 17.1. The lowest BCUT2D eigenvalue weighted by atomic mass is 10.2. The summed E-state index contributed by atoms with van der Waals surface area (Å²) in [6, 6.07) is 4.93. The Kier molecular flexibility index (Phi) is 6.81. The van der Waals surface area contributed by atoms with Crippen LogP contribution in [0.5, 0.6) is 5.75 Å². The number of aliphatic carboxylic acids is 1. The Morgan fingerprint density at radius 3 is 2.76 bits per heavy atom. The van der Waals surface area contributed by atoms with E-state index in [1.807, 2.05) is 0 Å². The lowest BCUT2D eigenvalue weighted by Crippen LogP contribution is -2.37. The summed E-state index contributed by atoms with van der Waals surface area (Å²) < 4.78 is 5.22. The van der Waals surface area contributed by atoms with Gasteiger partial charge in [0.1, 0.15) is 5.75 Å². The number of methoxy groups -OCH3 is 1. The summed E-state index contributed by atoms with van der Waals surface area (Å²) in [7, 11) is 3.20. The Morgan fingerprint density at radius 1 is 1.43 bits per heavy atom. The minimum Gasteiger partial charge on any atom is -0.496 e. The third-order valence-corrected chi connectivity index (χ3v) is 3.08. The number of amides is 2. The Labute approximate surface area is 128 Å². The van der Waals surface area contributed by atoms with E-state index in [0.717, 1.165) is 5.56 Å². The molecule has 0 saturated carbocycles. The Bertz CT molecular complexity index is 508. The highest BCUT2D eigenvalue weighted by atomic mass is 35.5. The smallest absolute Gasteiger partial charge is 0.317 e. The second kappa shape index (κ2) is 8.36. The maximum atomic E-state index is 11.9. The van der Waals surface area contributed by atoms with Gasteiger partial charge in [0.05, 0.1) is 13.7 Å². The zero-order chi connectivity index (χ0) is 15.8. The van der Waals surface area contributed by atoms with E-state index in [1.54, 1.807) is 32.4 Å². The van der Waals surface area contributed by atoms with Gasteiger partial charge in [-0.15, -0.1) is 0 Å². The highest BCUT2D eigenvalue weighted by Crippen LogP contribution is 2.23. The summed E-state index contributed by atoms with van der Waals surface area (Å²) >= 11 is 5.94. The number of urea groups is 1. The second-order valence-electron chi connectivity index (χ2n) is 4.54. The molecule has 116 valence electrons. The predicted octanol–water partition coefficient (Wildman–Crippen LogP) is 2.35. The third-order valence-electron chi connectivity index (χ3n) is 2.84. The number of carboxylic acids is 1. The molecule has 2 N–H and O–H groups in total. The summed E-state index contributed by atoms with van der Waals surface area (Å²) in [6.45, 7) is 0.663. The van der Waals surface area contributed by atoms with Crippen molar-refractivity contribution >= 4 is 23.6 Å². The quantitative estimate of drug-likeness (QED) is 0.757. The Morgan fingerprint density at radius 2 is 2.14 bits per heavy atom. The van der Waals surface area contributed by atoms with E-state index in [1.165, 1.54) is 4.90 Å². The van der Waals surface area contributed by atoms with E-state index in [0.29, 0.717) is 30.3 Å². The molecular weight excluding hydrogens is 296 g/mol. The molecule has 0 fully saturated rings. The number of hydrogen-bond acceptors (Lipinski definition) is 3. The van der Waals surface area contributed by atoms with E-state index in [-0.39, 0.29) is 12.5 Å². The molecule has 0 spiro atoms. The first-order chi connectivity index (χ1) is 9.93. The standard InChI is InChI=1S/C14H19ClN2O4/c1-17(14(20)16-7-3-4-13(18)19)9-10-8-11(15)5-6-12(10)21-2/h5-6,8H,3-4,7,9H2,1-2H3,(H,16,20)(H,18,19). The lowest BCUT2D eigenvalue weighted by molar-refractivity contribution is -0.137. The molecule has 1 rings (SSSR count). The van der Waals surface area contributed by atoms with Crippen molar-refractivity contribution in [2.75, 3.05) is 20.7 Å². The van der Waals surface area contributed by atoms with E-state index in [4.69, 9.17) is 21.4 Å². The van der Waals surface area contributed by atoms with Crippen LogP contribution in [0.3, 0.4) is 0 Å². The number of ether oxygens (including phenoxy) is 1. The summed E-state index contributed by atoms with van der Waals surface area (Å²) in [5, 5.41) is 11.7. The van der Waals surface area contributed by atoms with Gasteiger partial charge in [-0.3, -0.25) is 4.79 Å². The van der Waals surface area contributed by atoms with Gasteiger partial charge in [0.15, 0.2) is 0 Å². The number of nitrogens with one attached hydrogen (secondary N) is 1. The number of rotatable bonds is 7. The number of halogens is 1. The van der Waals surface area contributed by atoms with Gasteiger partial charge in [-0.05, 0) is 24.6 Å². The molecule has 21 heavy (non-hydrogen) atoms. The molecule has 0 saturated heterocycles. The Balaban J connectivity index is 2.52. The van der Waals surface area contributed by atoms with Crippen LogP contribution in [0.15, 0.2) is 18.2 Å². The first-order valence-corrected chi connectivity index (χ1v) is 6.85. The zero-order valence-electron chi connectivity index (χ0n) is 12.1. The van der Waals surface area contributed by atoms with Crippen LogP contribution in [0.1, 0.15) is 18.4 Å². The topological polar surface area (TPSA) is 78.9 Å². The predicted molar refractivity (Wildman–Crippen MR) is 79.7 cm³/mol. The maximum absolute atomic E-state index is 11.9. The zero-order valence-corrected chi connectivity index (χ0v) is 12.8. The van der Waals surface area contributed by atoms with Crippen LogP contribution in [0, 0.1) is 0 Å². The highest BCUT2D eigenvalue weighted by molar-refractivity contribution is 6.30. The SMILES string of the molecule is COc1ccc(Cl)cc1CN(C)C(=O)NCCCC(=O)O. The molecular formula is C14H19ClN2O4. The fourth-order valence-corrected chi connectivity index (χ4v) is 1.96. The van der Waals surface area contributed by atoms with Crippen molar-refractivity contribution in [3.8, 4) is 5.75 Å². The molecule has 1 aromatic carbocycles. The van der Waals surface area contributed by atoms with Gasteiger partial charge in [0.2, 0.25) is 0 Å². The monoisotopic (exact) mass is 314 g/mol. The third kappa shape index (κ3) is 5.91. The molecule has 0 aliphatic carbocycles. The minimum absolute atomic E-state index is 0.0338. The molecule has 0 atom stereocenters. The van der Waals surface area contributed by atoms with Gasteiger partial charge in [0.25, 0.3) is 0 Å². The first-order valence-electron chi connectivity index (χ1n) is 6.47. The lowest BCUT2D eigenvalue weighted by Gasteiger charge is -2.19. The van der Waals surface area contributed by atoms with Gasteiger partial charge in [-0.2, -0.15) is 0 Å². The molecule has 0 unspecified atom stereocenters. The van der Waals surface area contributed by atoms with Gasteiger partial charge < -0.3 is 20.1 Å². The van der Waals surface area contributed by atoms with Crippen molar-refractivity contribution < 1.29 is 19.4 Å². The van der Waals surface area contributed by atoms with Crippen molar-refractivity contribution in [2.24, 2.45) is 0 Å². The van der Waals surface area contributed by atoms with Crippen LogP contribution in [-0.2, 0) is 11.3 Å². The molecule has 0 heterocycles. The molecule has 0 aromatic heterocycles. The average molecular weight is 315 g/mol. The second-order valence-corrected chi connectivity index (χ2v) is 4.98. The summed E-state index contributed by atoms with van der Waals surface area (Å²) in [5.41, 5.74) is 0.799. The van der Waals surface area contributed by atoms with E-state index in [9.17, 15) is 9.59 Å². The summed E-state index contributed by atoms with van der Waals surface area (Å²) in [5.74, 6) is -0.216. The van der Waals surface area contributed by atoms with E-state index < -0.39 is 5.97 Å². The van der Waals surface area contributed by atoms with Gasteiger partial charge >= 0.3 is 12.0 Å². The molecule has 0 bridgehead atoms. The van der Waals surface area contributed by atoms with Crippen molar-refractivity contribution in [2.45, 2.75) is 19.4 Å². The maximum Gasteiger partial charge on any atom is 0.317 e. The number of hydrogen-bond donors (Lipinski definition) is 2. The molecule has 6 nitrogen and oxygen atoms in total. The van der Waals surface area contributed by atoms with E-state index >= 15 is 0 Å². The fourth-order valence-electron chi connectivity index (χ4n) is 1.77.